The van der Waals surface area contributed by atoms with E-state index in [0.29, 0.717) is 37.6 Å². The van der Waals surface area contributed by atoms with Crippen molar-refractivity contribution >= 4 is 26.9 Å². The Bertz CT molecular complexity index is 811. The van der Waals surface area contributed by atoms with E-state index >= 15 is 0 Å². The van der Waals surface area contributed by atoms with Crippen molar-refractivity contribution in [3.05, 3.63) is 24.2 Å². The van der Waals surface area contributed by atoms with Gasteiger partial charge in [-0.1, -0.05) is 0 Å². The lowest BCUT2D eigenvalue weighted by Crippen LogP contribution is -2.47. The minimum Gasteiger partial charge on any atom is -0.374 e. The number of pyridine rings is 1. The lowest BCUT2D eigenvalue weighted by Gasteiger charge is -2.31. The summed E-state index contributed by atoms with van der Waals surface area (Å²) in [4.78, 5) is 12.9. The lowest BCUT2D eigenvalue weighted by atomic mass is 10.3. The summed E-state index contributed by atoms with van der Waals surface area (Å²) < 4.78 is 30.3. The van der Waals surface area contributed by atoms with Crippen LogP contribution in [0.3, 0.4) is 0 Å². The van der Waals surface area contributed by atoms with Gasteiger partial charge in [-0.2, -0.15) is 4.31 Å². The zero-order chi connectivity index (χ0) is 16.4. The van der Waals surface area contributed by atoms with Gasteiger partial charge in [-0.25, -0.2) is 23.4 Å². The molecule has 0 aliphatic carbocycles. The molecule has 0 aromatic carbocycles. The molecule has 2 aromatic rings. The zero-order valence-electron chi connectivity index (χ0n) is 13.1. The van der Waals surface area contributed by atoms with Gasteiger partial charge >= 0.3 is 0 Å². The Morgan fingerprint density at radius 2 is 2.22 bits per heavy atom. The van der Waals surface area contributed by atoms with Crippen molar-refractivity contribution in [2.45, 2.75) is 13.0 Å². The number of anilines is 1. The highest BCUT2D eigenvalue weighted by Crippen LogP contribution is 2.18. The van der Waals surface area contributed by atoms with Crippen LogP contribution < -0.4 is 5.32 Å². The standard InChI is InChI=1S/C14H19N5O3S/c1-10-3-4-12-13(18-10)14(17-9-16-12)15-7-11-8-19(5-6-22-11)23(2,20)21/h3-4,9,11H,5-8H2,1-2H3,(H,15,16,17). The molecule has 124 valence electrons. The topological polar surface area (TPSA) is 97.3 Å². The van der Waals surface area contributed by atoms with E-state index < -0.39 is 10.0 Å². The maximum atomic E-state index is 11.6. The summed E-state index contributed by atoms with van der Waals surface area (Å²) in [5.41, 5.74) is 2.34. The first-order valence-electron chi connectivity index (χ1n) is 7.32. The lowest BCUT2D eigenvalue weighted by molar-refractivity contribution is 0.00702. The second kappa shape index (κ2) is 6.34. The van der Waals surface area contributed by atoms with Crippen LogP contribution in [0.15, 0.2) is 18.5 Å². The van der Waals surface area contributed by atoms with Crippen molar-refractivity contribution in [2.75, 3.05) is 37.8 Å². The number of morpholine rings is 1. The van der Waals surface area contributed by atoms with E-state index in [9.17, 15) is 8.42 Å². The third-order valence-electron chi connectivity index (χ3n) is 3.69. The second-order valence-corrected chi connectivity index (χ2v) is 7.52. The molecule has 1 atom stereocenters. The number of fused-ring (bicyclic) bond motifs is 1. The molecule has 1 aliphatic heterocycles. The van der Waals surface area contributed by atoms with Gasteiger partial charge in [0.15, 0.2) is 5.82 Å². The van der Waals surface area contributed by atoms with Gasteiger partial charge in [0.1, 0.15) is 11.8 Å². The molecule has 8 nitrogen and oxygen atoms in total. The number of rotatable bonds is 4. The average molecular weight is 337 g/mol. The largest absolute Gasteiger partial charge is 0.374 e. The van der Waals surface area contributed by atoms with Crippen LogP contribution in [-0.2, 0) is 14.8 Å². The van der Waals surface area contributed by atoms with Crippen LogP contribution in [0.2, 0.25) is 0 Å². The molecule has 1 fully saturated rings. The first-order valence-corrected chi connectivity index (χ1v) is 9.17. The fourth-order valence-corrected chi connectivity index (χ4v) is 3.34. The van der Waals surface area contributed by atoms with Crippen LogP contribution in [0.4, 0.5) is 5.82 Å². The Morgan fingerprint density at radius 1 is 1.39 bits per heavy atom. The maximum Gasteiger partial charge on any atom is 0.211 e. The number of hydrogen-bond acceptors (Lipinski definition) is 7. The van der Waals surface area contributed by atoms with Crippen molar-refractivity contribution in [2.24, 2.45) is 0 Å². The van der Waals surface area contributed by atoms with Crippen LogP contribution in [0.5, 0.6) is 0 Å². The molecule has 0 saturated carbocycles. The molecule has 1 N–H and O–H groups in total. The molecule has 0 amide bonds. The summed E-state index contributed by atoms with van der Waals surface area (Å²) in [5.74, 6) is 0.624. The summed E-state index contributed by atoms with van der Waals surface area (Å²) in [6.45, 7) is 3.48. The van der Waals surface area contributed by atoms with Crippen LogP contribution in [-0.4, -0.2) is 66.3 Å². The predicted molar refractivity (Wildman–Crippen MR) is 86.7 cm³/mol. The minimum absolute atomic E-state index is 0.228. The Balaban J connectivity index is 1.72. The van der Waals surface area contributed by atoms with Gasteiger partial charge in [0.2, 0.25) is 10.0 Å². The molecule has 3 rings (SSSR count). The number of nitrogens with one attached hydrogen (secondary N) is 1. The third kappa shape index (κ3) is 3.74. The fourth-order valence-electron chi connectivity index (χ4n) is 2.49. The van der Waals surface area contributed by atoms with E-state index in [4.69, 9.17) is 4.74 Å². The molecule has 1 unspecified atom stereocenters. The summed E-state index contributed by atoms with van der Waals surface area (Å²) in [5, 5.41) is 3.20. The van der Waals surface area contributed by atoms with Crippen LogP contribution in [0.25, 0.3) is 11.0 Å². The molecule has 2 aromatic heterocycles. The van der Waals surface area contributed by atoms with E-state index in [1.807, 2.05) is 19.1 Å². The highest BCUT2D eigenvalue weighted by molar-refractivity contribution is 7.88. The second-order valence-electron chi connectivity index (χ2n) is 5.54. The molecular formula is C14H19N5O3S. The summed E-state index contributed by atoms with van der Waals surface area (Å²) in [7, 11) is -3.19. The Labute approximate surface area is 135 Å². The summed E-state index contributed by atoms with van der Waals surface area (Å²) in [6.07, 6.45) is 2.47. The SMILES string of the molecule is Cc1ccc2ncnc(NCC3CN(S(C)(=O)=O)CCO3)c2n1. The van der Waals surface area contributed by atoms with E-state index in [2.05, 4.69) is 20.3 Å². The van der Waals surface area contributed by atoms with E-state index in [0.717, 1.165) is 11.2 Å². The van der Waals surface area contributed by atoms with Crippen LogP contribution in [0.1, 0.15) is 5.69 Å². The molecule has 1 aliphatic rings. The fraction of sp³-hybridized carbons (Fsp3) is 0.500. The minimum atomic E-state index is -3.19. The molecule has 23 heavy (non-hydrogen) atoms. The number of ether oxygens (including phenoxy) is 1. The van der Waals surface area contributed by atoms with Gasteiger partial charge in [0.25, 0.3) is 0 Å². The van der Waals surface area contributed by atoms with Crippen molar-refractivity contribution in [3.8, 4) is 0 Å². The monoisotopic (exact) mass is 337 g/mol. The number of hydrogen-bond donors (Lipinski definition) is 1. The molecule has 0 spiro atoms. The normalized spacial score (nSPS) is 19.8. The number of sulfonamides is 1. The highest BCUT2D eigenvalue weighted by atomic mass is 32.2. The first kappa shape index (κ1) is 16.0. The van der Waals surface area contributed by atoms with E-state index in [1.165, 1.54) is 16.9 Å². The first-order chi connectivity index (χ1) is 10.9. The Morgan fingerprint density at radius 3 is 3.00 bits per heavy atom. The third-order valence-corrected chi connectivity index (χ3v) is 4.96. The molecule has 9 heteroatoms. The Hall–Kier alpha value is -1.84. The molecule has 0 radical (unpaired) electrons. The van der Waals surface area contributed by atoms with Gasteiger partial charge in [-0.3, -0.25) is 0 Å². The van der Waals surface area contributed by atoms with Crippen LogP contribution >= 0.6 is 0 Å². The van der Waals surface area contributed by atoms with Gasteiger partial charge in [-0.05, 0) is 19.1 Å². The van der Waals surface area contributed by atoms with Crippen molar-refractivity contribution in [3.63, 3.8) is 0 Å². The number of aryl methyl sites for hydroxylation is 1. The molecule has 3 heterocycles. The summed E-state index contributed by atoms with van der Waals surface area (Å²) >= 11 is 0. The van der Waals surface area contributed by atoms with Crippen molar-refractivity contribution in [1.29, 1.82) is 0 Å². The molecule has 0 bridgehead atoms. The smallest absolute Gasteiger partial charge is 0.211 e. The Kier molecular flexibility index (Phi) is 4.42. The van der Waals surface area contributed by atoms with Gasteiger partial charge in [0, 0.05) is 25.3 Å². The highest BCUT2D eigenvalue weighted by Gasteiger charge is 2.26. The van der Waals surface area contributed by atoms with Gasteiger partial charge in [0.05, 0.1) is 24.5 Å². The quantitative estimate of drug-likeness (QED) is 0.862. The predicted octanol–water partition coefficient (Wildman–Crippen LogP) is 0.406. The number of aromatic nitrogens is 3. The number of nitrogens with zero attached hydrogens (tertiary/aromatic N) is 4. The molecule has 1 saturated heterocycles. The van der Waals surface area contributed by atoms with Gasteiger partial charge in [-0.15, -0.1) is 0 Å². The average Bonchev–Trinajstić information content (AvgIpc) is 2.52. The van der Waals surface area contributed by atoms with E-state index in [-0.39, 0.29) is 6.10 Å². The maximum absolute atomic E-state index is 11.6. The van der Waals surface area contributed by atoms with Crippen molar-refractivity contribution < 1.29 is 13.2 Å². The van der Waals surface area contributed by atoms with Crippen LogP contribution in [0, 0.1) is 6.92 Å². The zero-order valence-corrected chi connectivity index (χ0v) is 13.9. The summed E-state index contributed by atoms with van der Waals surface area (Å²) in [6, 6.07) is 3.79. The van der Waals surface area contributed by atoms with Crippen molar-refractivity contribution in [1.82, 2.24) is 19.3 Å². The molecular weight excluding hydrogens is 318 g/mol. The van der Waals surface area contributed by atoms with E-state index in [1.54, 1.807) is 0 Å². The van der Waals surface area contributed by atoms with Gasteiger partial charge < -0.3 is 10.1 Å².